The second kappa shape index (κ2) is 7.14. The van der Waals surface area contributed by atoms with Crippen LogP contribution in [0.2, 0.25) is 0 Å². The molecule has 0 fully saturated rings. The SMILES string of the molecule is Cn1cc(-c2cc(NC(=O)NCC3c4ccccc4-c4cncn43)ccc2F)cn1. The highest BCUT2D eigenvalue weighted by Gasteiger charge is 2.28. The van der Waals surface area contributed by atoms with Gasteiger partial charge in [-0.15, -0.1) is 0 Å². The van der Waals surface area contributed by atoms with Crippen molar-refractivity contribution in [3.05, 3.63) is 78.8 Å². The van der Waals surface area contributed by atoms with E-state index in [1.807, 2.05) is 18.3 Å². The molecule has 2 amide bonds. The van der Waals surface area contributed by atoms with Crippen molar-refractivity contribution in [2.45, 2.75) is 6.04 Å². The maximum atomic E-state index is 14.2. The molecule has 0 saturated heterocycles. The molecule has 1 aliphatic rings. The van der Waals surface area contributed by atoms with E-state index in [0.717, 1.165) is 16.8 Å². The smallest absolute Gasteiger partial charge is 0.319 e. The van der Waals surface area contributed by atoms with Crippen LogP contribution < -0.4 is 10.6 Å². The number of hydrogen-bond donors (Lipinski definition) is 2. The Balaban J connectivity index is 1.30. The van der Waals surface area contributed by atoms with Crippen molar-refractivity contribution in [1.29, 1.82) is 0 Å². The molecule has 2 N–H and O–H groups in total. The normalized spacial score (nSPS) is 14.3. The average Bonchev–Trinajstić information content (AvgIpc) is 3.44. The standard InChI is InChI=1S/C22H19FN6O/c1-28-12-14(9-26-28)18-8-15(6-7-19(18)23)27-22(30)25-11-21-17-5-3-2-4-16(17)20-10-24-13-29(20)21/h2-10,12-13,21H,11H2,1H3,(H2,25,27,30). The Morgan fingerprint density at radius 2 is 2.03 bits per heavy atom. The third kappa shape index (κ3) is 3.12. The van der Waals surface area contributed by atoms with Gasteiger partial charge in [-0.1, -0.05) is 24.3 Å². The van der Waals surface area contributed by atoms with E-state index in [1.54, 1.807) is 36.5 Å². The quantitative estimate of drug-likeness (QED) is 0.545. The minimum Gasteiger partial charge on any atom is -0.335 e. The van der Waals surface area contributed by atoms with E-state index >= 15 is 0 Å². The summed E-state index contributed by atoms with van der Waals surface area (Å²) in [6.45, 7) is 0.406. The molecule has 0 saturated carbocycles. The lowest BCUT2D eigenvalue weighted by Gasteiger charge is -2.16. The summed E-state index contributed by atoms with van der Waals surface area (Å²) >= 11 is 0. The maximum Gasteiger partial charge on any atom is 0.319 e. The molecule has 1 atom stereocenters. The van der Waals surface area contributed by atoms with Gasteiger partial charge < -0.3 is 15.2 Å². The molecule has 1 aliphatic heterocycles. The number of benzene rings is 2. The number of nitrogens with zero attached hydrogens (tertiary/aromatic N) is 4. The second-order valence-corrected chi connectivity index (χ2v) is 7.22. The van der Waals surface area contributed by atoms with E-state index in [2.05, 4.69) is 37.4 Å². The minimum atomic E-state index is -0.371. The van der Waals surface area contributed by atoms with Gasteiger partial charge in [0.1, 0.15) is 5.82 Å². The summed E-state index contributed by atoms with van der Waals surface area (Å²) in [6, 6.07) is 12.2. The first-order valence-electron chi connectivity index (χ1n) is 9.55. The number of aryl methyl sites for hydroxylation is 1. The van der Waals surface area contributed by atoms with E-state index in [4.69, 9.17) is 0 Å². The number of urea groups is 1. The van der Waals surface area contributed by atoms with Crippen LogP contribution in [0.15, 0.2) is 67.4 Å². The number of aromatic nitrogens is 4. The second-order valence-electron chi connectivity index (χ2n) is 7.22. The van der Waals surface area contributed by atoms with Crippen LogP contribution >= 0.6 is 0 Å². The predicted molar refractivity (Wildman–Crippen MR) is 111 cm³/mol. The minimum absolute atomic E-state index is 0.0244. The number of nitrogens with one attached hydrogen (secondary N) is 2. The summed E-state index contributed by atoms with van der Waals surface area (Å²) in [7, 11) is 1.77. The van der Waals surface area contributed by atoms with Crippen molar-refractivity contribution >= 4 is 11.7 Å². The average molecular weight is 402 g/mol. The van der Waals surface area contributed by atoms with Crippen LogP contribution in [0.25, 0.3) is 22.4 Å². The number of rotatable bonds is 4. The van der Waals surface area contributed by atoms with Crippen molar-refractivity contribution in [1.82, 2.24) is 24.6 Å². The molecule has 150 valence electrons. The molecule has 2 aromatic carbocycles. The molecule has 0 radical (unpaired) electrons. The first-order valence-corrected chi connectivity index (χ1v) is 9.55. The van der Waals surface area contributed by atoms with Gasteiger partial charge in [0.25, 0.3) is 0 Å². The molecule has 8 heteroatoms. The summed E-state index contributed by atoms with van der Waals surface area (Å²) in [5, 5.41) is 9.77. The summed E-state index contributed by atoms with van der Waals surface area (Å²) in [4.78, 5) is 16.7. The van der Waals surface area contributed by atoms with Crippen LogP contribution in [0.5, 0.6) is 0 Å². The number of anilines is 1. The lowest BCUT2D eigenvalue weighted by atomic mass is 10.0. The van der Waals surface area contributed by atoms with Crippen LogP contribution in [0.4, 0.5) is 14.9 Å². The molecule has 7 nitrogen and oxygen atoms in total. The number of carbonyl (C=O) groups excluding carboxylic acids is 1. The van der Waals surface area contributed by atoms with E-state index in [1.165, 1.54) is 12.1 Å². The summed E-state index contributed by atoms with van der Waals surface area (Å²) in [5.74, 6) is -0.371. The number of halogens is 1. The lowest BCUT2D eigenvalue weighted by Crippen LogP contribution is -2.33. The molecule has 3 heterocycles. The van der Waals surface area contributed by atoms with Crippen LogP contribution in [0, 0.1) is 5.82 Å². The van der Waals surface area contributed by atoms with Crippen LogP contribution in [0.1, 0.15) is 11.6 Å². The van der Waals surface area contributed by atoms with Gasteiger partial charge in [0.2, 0.25) is 0 Å². The first kappa shape index (κ1) is 18.1. The van der Waals surface area contributed by atoms with Crippen molar-refractivity contribution in [2.75, 3.05) is 11.9 Å². The van der Waals surface area contributed by atoms with Crippen molar-refractivity contribution in [3.8, 4) is 22.4 Å². The molecule has 4 aromatic rings. The van der Waals surface area contributed by atoms with Gasteiger partial charge in [-0.2, -0.15) is 5.10 Å². The fraction of sp³-hybridized carbons (Fsp3) is 0.136. The Morgan fingerprint density at radius 3 is 2.87 bits per heavy atom. The highest BCUT2D eigenvalue weighted by Crippen LogP contribution is 2.38. The molecule has 2 aromatic heterocycles. The lowest BCUT2D eigenvalue weighted by molar-refractivity contribution is 0.251. The van der Waals surface area contributed by atoms with Crippen LogP contribution in [-0.2, 0) is 7.05 Å². The molecular weight excluding hydrogens is 383 g/mol. The third-order valence-electron chi connectivity index (χ3n) is 5.29. The largest absolute Gasteiger partial charge is 0.335 e. The summed E-state index contributed by atoms with van der Waals surface area (Å²) < 4.78 is 17.9. The Hall–Kier alpha value is -3.94. The molecule has 1 unspecified atom stereocenters. The molecular formula is C22H19FN6O. The molecule has 0 bridgehead atoms. The van der Waals surface area contributed by atoms with E-state index in [9.17, 15) is 9.18 Å². The predicted octanol–water partition coefficient (Wildman–Crippen LogP) is 3.81. The molecule has 5 rings (SSSR count). The van der Waals surface area contributed by atoms with E-state index in [-0.39, 0.29) is 17.9 Å². The van der Waals surface area contributed by atoms with Gasteiger partial charge in [-0.05, 0) is 23.8 Å². The fourth-order valence-corrected chi connectivity index (χ4v) is 3.89. The Labute approximate surface area is 172 Å². The van der Waals surface area contributed by atoms with Gasteiger partial charge in [0.15, 0.2) is 0 Å². The monoisotopic (exact) mass is 402 g/mol. The highest BCUT2D eigenvalue weighted by molar-refractivity contribution is 5.90. The van der Waals surface area contributed by atoms with Crippen molar-refractivity contribution < 1.29 is 9.18 Å². The first-order chi connectivity index (χ1) is 14.6. The number of imidazole rings is 1. The summed E-state index contributed by atoms with van der Waals surface area (Å²) in [6.07, 6.45) is 6.92. The van der Waals surface area contributed by atoms with Gasteiger partial charge in [-0.3, -0.25) is 4.68 Å². The van der Waals surface area contributed by atoms with Crippen molar-refractivity contribution in [3.63, 3.8) is 0 Å². The number of carbonyl (C=O) groups is 1. The van der Waals surface area contributed by atoms with Gasteiger partial charge >= 0.3 is 6.03 Å². The van der Waals surface area contributed by atoms with Crippen molar-refractivity contribution in [2.24, 2.45) is 7.05 Å². The van der Waals surface area contributed by atoms with Gasteiger partial charge in [-0.25, -0.2) is 14.2 Å². The number of fused-ring (bicyclic) bond motifs is 3. The zero-order chi connectivity index (χ0) is 20.7. The highest BCUT2D eigenvalue weighted by atomic mass is 19.1. The van der Waals surface area contributed by atoms with E-state index in [0.29, 0.717) is 23.4 Å². The molecule has 30 heavy (non-hydrogen) atoms. The number of amides is 2. The Morgan fingerprint density at radius 1 is 1.17 bits per heavy atom. The summed E-state index contributed by atoms with van der Waals surface area (Å²) in [5.41, 5.74) is 4.85. The number of hydrogen-bond acceptors (Lipinski definition) is 3. The maximum absolute atomic E-state index is 14.2. The Kier molecular flexibility index (Phi) is 4.31. The Bertz CT molecular complexity index is 1240. The molecule has 0 spiro atoms. The van der Waals surface area contributed by atoms with Crippen LogP contribution in [0.3, 0.4) is 0 Å². The topological polar surface area (TPSA) is 76.8 Å². The third-order valence-corrected chi connectivity index (χ3v) is 5.29. The van der Waals surface area contributed by atoms with Gasteiger partial charge in [0.05, 0.1) is 30.5 Å². The fourth-order valence-electron chi connectivity index (χ4n) is 3.89. The zero-order valence-electron chi connectivity index (χ0n) is 16.2. The zero-order valence-corrected chi connectivity index (χ0v) is 16.2. The van der Waals surface area contributed by atoms with E-state index < -0.39 is 0 Å². The van der Waals surface area contributed by atoms with Crippen LogP contribution in [-0.4, -0.2) is 31.9 Å². The molecule has 0 aliphatic carbocycles. The van der Waals surface area contributed by atoms with Gasteiger partial charge in [0, 0.05) is 42.2 Å².